The summed E-state index contributed by atoms with van der Waals surface area (Å²) >= 11 is 0. The Bertz CT molecular complexity index is 1260. The van der Waals surface area contributed by atoms with Crippen LogP contribution in [0.3, 0.4) is 0 Å². The number of fused-ring (bicyclic) bond motifs is 1. The predicted molar refractivity (Wildman–Crippen MR) is 110 cm³/mol. The largest absolute Gasteiger partial charge is 0.436 e. The third-order valence-electron chi connectivity index (χ3n) is 4.72. The van der Waals surface area contributed by atoms with Crippen LogP contribution >= 0.6 is 0 Å². The van der Waals surface area contributed by atoms with E-state index in [-0.39, 0.29) is 11.3 Å². The maximum atomic E-state index is 12.4. The van der Waals surface area contributed by atoms with Crippen molar-refractivity contribution in [1.82, 2.24) is 4.98 Å². The van der Waals surface area contributed by atoms with E-state index < -0.39 is 10.8 Å². The first-order valence-corrected chi connectivity index (χ1v) is 8.95. The molecule has 3 aromatic carbocycles. The van der Waals surface area contributed by atoms with Crippen LogP contribution < -0.4 is 5.32 Å². The lowest BCUT2D eigenvalue weighted by atomic mass is 10.1. The number of aryl methyl sites for hydroxylation is 2. The number of carbonyl (C=O) groups excluding carboxylic acids is 1. The van der Waals surface area contributed by atoms with Crippen LogP contribution in [0, 0.1) is 24.0 Å². The normalized spacial score (nSPS) is 10.8. The Labute approximate surface area is 166 Å². The standard InChI is InChI=1S/C22H17N3O4/c1-13-6-7-16(10-14(13)2)22-24-19-12-17(8-9-20(19)29-22)23-21(26)15-4-3-5-18(11-15)25(27)28/h3-12H,1-2H3,(H,23,26). The molecule has 7 nitrogen and oxygen atoms in total. The molecule has 4 rings (SSSR count). The van der Waals surface area contributed by atoms with Crippen molar-refractivity contribution < 1.29 is 14.1 Å². The van der Waals surface area contributed by atoms with Crippen LogP contribution in [0.15, 0.2) is 65.1 Å². The summed E-state index contributed by atoms with van der Waals surface area (Å²) in [6, 6.07) is 16.7. The summed E-state index contributed by atoms with van der Waals surface area (Å²) in [6.45, 7) is 4.07. The van der Waals surface area contributed by atoms with Gasteiger partial charge in [0.2, 0.25) is 5.89 Å². The van der Waals surface area contributed by atoms with Crippen LogP contribution in [-0.2, 0) is 0 Å². The van der Waals surface area contributed by atoms with E-state index in [2.05, 4.69) is 10.3 Å². The van der Waals surface area contributed by atoms with Crippen LogP contribution in [0.2, 0.25) is 0 Å². The zero-order chi connectivity index (χ0) is 20.5. The van der Waals surface area contributed by atoms with Crippen molar-refractivity contribution in [3.05, 3.63) is 87.5 Å². The van der Waals surface area contributed by atoms with Crippen molar-refractivity contribution in [2.24, 2.45) is 0 Å². The molecular formula is C22H17N3O4. The average Bonchev–Trinajstić information content (AvgIpc) is 3.13. The zero-order valence-corrected chi connectivity index (χ0v) is 15.8. The topological polar surface area (TPSA) is 98.3 Å². The summed E-state index contributed by atoms with van der Waals surface area (Å²) in [7, 11) is 0. The number of carbonyl (C=O) groups is 1. The van der Waals surface area contributed by atoms with Gasteiger partial charge in [0.25, 0.3) is 11.6 Å². The van der Waals surface area contributed by atoms with Crippen molar-refractivity contribution in [2.45, 2.75) is 13.8 Å². The molecule has 0 fully saturated rings. The minimum atomic E-state index is -0.535. The Morgan fingerprint density at radius 1 is 1.03 bits per heavy atom. The fraction of sp³-hybridized carbons (Fsp3) is 0.0909. The van der Waals surface area contributed by atoms with Gasteiger partial charge in [0.15, 0.2) is 5.58 Å². The van der Waals surface area contributed by atoms with Gasteiger partial charge >= 0.3 is 0 Å². The van der Waals surface area contributed by atoms with Crippen molar-refractivity contribution in [2.75, 3.05) is 5.32 Å². The number of nitro benzene ring substituents is 1. The first-order chi connectivity index (χ1) is 13.9. The summed E-state index contributed by atoms with van der Waals surface area (Å²) in [6.07, 6.45) is 0. The number of hydrogen-bond donors (Lipinski definition) is 1. The van der Waals surface area contributed by atoms with Gasteiger partial charge in [0.1, 0.15) is 5.52 Å². The van der Waals surface area contributed by atoms with E-state index in [1.165, 1.54) is 29.8 Å². The first kappa shape index (κ1) is 18.4. The highest BCUT2D eigenvalue weighted by Crippen LogP contribution is 2.27. The van der Waals surface area contributed by atoms with Crippen molar-refractivity contribution >= 4 is 28.4 Å². The number of benzene rings is 3. The molecule has 0 aliphatic heterocycles. The quantitative estimate of drug-likeness (QED) is 0.380. The van der Waals surface area contributed by atoms with Gasteiger partial charge in [0.05, 0.1) is 4.92 Å². The number of oxazole rings is 1. The SMILES string of the molecule is Cc1ccc(-c2nc3cc(NC(=O)c4cccc([N+](=O)[O-])c4)ccc3o2)cc1C. The van der Waals surface area contributed by atoms with E-state index in [0.717, 1.165) is 11.1 Å². The monoisotopic (exact) mass is 387 g/mol. The molecule has 0 aliphatic rings. The molecule has 1 N–H and O–H groups in total. The molecule has 0 saturated carbocycles. The summed E-state index contributed by atoms with van der Waals surface area (Å²) in [5.74, 6) is 0.0659. The second-order valence-corrected chi connectivity index (χ2v) is 6.76. The zero-order valence-electron chi connectivity index (χ0n) is 15.8. The Balaban J connectivity index is 1.60. The minimum Gasteiger partial charge on any atom is -0.436 e. The molecule has 0 saturated heterocycles. The number of rotatable bonds is 4. The summed E-state index contributed by atoms with van der Waals surface area (Å²) < 4.78 is 5.84. The van der Waals surface area contributed by atoms with Crippen molar-refractivity contribution in [1.29, 1.82) is 0 Å². The molecular weight excluding hydrogens is 370 g/mol. The van der Waals surface area contributed by atoms with Gasteiger partial charge in [-0.25, -0.2) is 4.98 Å². The first-order valence-electron chi connectivity index (χ1n) is 8.95. The molecule has 0 radical (unpaired) electrons. The molecule has 0 aliphatic carbocycles. The van der Waals surface area contributed by atoms with Gasteiger partial charge in [-0.15, -0.1) is 0 Å². The van der Waals surface area contributed by atoms with E-state index in [1.807, 2.05) is 32.0 Å². The van der Waals surface area contributed by atoms with E-state index in [1.54, 1.807) is 18.2 Å². The third-order valence-corrected chi connectivity index (χ3v) is 4.72. The average molecular weight is 387 g/mol. The lowest BCUT2D eigenvalue weighted by molar-refractivity contribution is -0.384. The molecule has 0 bridgehead atoms. The number of hydrogen-bond acceptors (Lipinski definition) is 5. The molecule has 0 spiro atoms. The van der Waals surface area contributed by atoms with Crippen molar-refractivity contribution in [3.63, 3.8) is 0 Å². The number of nitrogens with one attached hydrogen (secondary N) is 1. The van der Waals surface area contributed by atoms with E-state index in [4.69, 9.17) is 4.42 Å². The van der Waals surface area contributed by atoms with E-state index >= 15 is 0 Å². The Morgan fingerprint density at radius 2 is 1.86 bits per heavy atom. The van der Waals surface area contributed by atoms with Crippen LogP contribution in [0.25, 0.3) is 22.6 Å². The van der Waals surface area contributed by atoms with E-state index in [9.17, 15) is 14.9 Å². The van der Waals surface area contributed by atoms with Gasteiger partial charge in [0, 0.05) is 28.9 Å². The van der Waals surface area contributed by atoms with Crippen molar-refractivity contribution in [3.8, 4) is 11.5 Å². The lowest BCUT2D eigenvalue weighted by Gasteiger charge is -2.04. The van der Waals surface area contributed by atoms with Crippen LogP contribution in [0.4, 0.5) is 11.4 Å². The summed E-state index contributed by atoms with van der Waals surface area (Å²) in [4.78, 5) is 27.3. The molecule has 144 valence electrons. The fourth-order valence-corrected chi connectivity index (χ4v) is 2.97. The Kier molecular flexibility index (Phi) is 4.56. The molecule has 4 aromatic rings. The molecule has 1 amide bonds. The molecule has 0 unspecified atom stereocenters. The number of nitro groups is 1. The number of nitrogens with zero attached hydrogens (tertiary/aromatic N) is 2. The smallest absolute Gasteiger partial charge is 0.270 e. The summed E-state index contributed by atoms with van der Waals surface area (Å²) in [5, 5.41) is 13.6. The highest BCUT2D eigenvalue weighted by atomic mass is 16.6. The fourth-order valence-electron chi connectivity index (χ4n) is 2.97. The maximum absolute atomic E-state index is 12.4. The molecule has 0 atom stereocenters. The van der Waals surface area contributed by atoms with E-state index in [0.29, 0.717) is 22.7 Å². The second-order valence-electron chi connectivity index (χ2n) is 6.76. The Morgan fingerprint density at radius 3 is 2.62 bits per heavy atom. The van der Waals surface area contributed by atoms with Gasteiger partial charge in [-0.3, -0.25) is 14.9 Å². The number of amides is 1. The maximum Gasteiger partial charge on any atom is 0.270 e. The van der Waals surface area contributed by atoms with Crippen LogP contribution in [0.1, 0.15) is 21.5 Å². The van der Waals surface area contributed by atoms with Gasteiger partial charge in [-0.2, -0.15) is 0 Å². The number of anilines is 1. The van der Waals surface area contributed by atoms with Crippen LogP contribution in [0.5, 0.6) is 0 Å². The van der Waals surface area contributed by atoms with Gasteiger partial charge in [-0.05, 0) is 61.4 Å². The minimum absolute atomic E-state index is 0.136. The number of aromatic nitrogens is 1. The second kappa shape index (κ2) is 7.20. The molecule has 7 heteroatoms. The van der Waals surface area contributed by atoms with Crippen LogP contribution in [-0.4, -0.2) is 15.8 Å². The Hall–Kier alpha value is -4.00. The molecule has 1 heterocycles. The lowest BCUT2D eigenvalue weighted by Crippen LogP contribution is -2.12. The number of non-ortho nitro benzene ring substituents is 1. The highest BCUT2D eigenvalue weighted by Gasteiger charge is 2.14. The molecule has 1 aromatic heterocycles. The third kappa shape index (κ3) is 3.70. The highest BCUT2D eigenvalue weighted by molar-refractivity contribution is 6.05. The molecule has 29 heavy (non-hydrogen) atoms. The summed E-state index contributed by atoms with van der Waals surface area (Å²) in [5.41, 5.74) is 5.02. The van der Waals surface area contributed by atoms with Gasteiger partial charge in [-0.1, -0.05) is 12.1 Å². The predicted octanol–water partition coefficient (Wildman–Crippen LogP) is 5.27. The van der Waals surface area contributed by atoms with Gasteiger partial charge < -0.3 is 9.73 Å².